The summed E-state index contributed by atoms with van der Waals surface area (Å²) in [5.74, 6) is -0.104. The molecule has 0 saturated heterocycles. The molecule has 0 saturated carbocycles. The smallest absolute Gasteiger partial charge is 0.240 e. The number of nitrogens with zero attached hydrogens (tertiary/aromatic N) is 4. The van der Waals surface area contributed by atoms with Crippen molar-refractivity contribution in [2.75, 3.05) is 7.05 Å². The van der Waals surface area contributed by atoms with Crippen LogP contribution in [0.15, 0.2) is 54.4 Å². The standard InChI is InChI=1S/C18H21N5OS/c1-22(12-17-20-7-8-25-17)18(24)16(19)9-15-11-23(13-21-15)10-14-5-3-2-4-6-14/h2-8,11,13,16H,9-10,12,19H2,1H3/t16-/m0/s1. The number of imidazole rings is 1. The van der Waals surface area contributed by atoms with E-state index < -0.39 is 6.04 Å². The second kappa shape index (κ2) is 8.04. The van der Waals surface area contributed by atoms with Gasteiger partial charge in [0.2, 0.25) is 5.91 Å². The van der Waals surface area contributed by atoms with Gasteiger partial charge in [-0.1, -0.05) is 30.3 Å². The largest absolute Gasteiger partial charge is 0.338 e. The zero-order valence-corrected chi connectivity index (χ0v) is 14.9. The lowest BCUT2D eigenvalue weighted by Crippen LogP contribution is -2.42. The van der Waals surface area contributed by atoms with Gasteiger partial charge in [0.25, 0.3) is 0 Å². The highest BCUT2D eigenvalue weighted by Crippen LogP contribution is 2.09. The summed E-state index contributed by atoms with van der Waals surface area (Å²) in [7, 11) is 1.75. The summed E-state index contributed by atoms with van der Waals surface area (Å²) in [5, 5.41) is 2.79. The van der Waals surface area contributed by atoms with Gasteiger partial charge in [-0.3, -0.25) is 4.79 Å². The molecule has 130 valence electrons. The lowest BCUT2D eigenvalue weighted by Gasteiger charge is -2.19. The predicted molar refractivity (Wildman–Crippen MR) is 98.0 cm³/mol. The molecule has 6 nitrogen and oxygen atoms in total. The van der Waals surface area contributed by atoms with Gasteiger partial charge in [0.1, 0.15) is 5.01 Å². The molecule has 1 amide bonds. The average Bonchev–Trinajstić information content (AvgIpc) is 3.27. The second-order valence-corrected chi connectivity index (χ2v) is 6.93. The van der Waals surface area contributed by atoms with Crippen LogP contribution in [0.5, 0.6) is 0 Å². The van der Waals surface area contributed by atoms with Gasteiger partial charge >= 0.3 is 0 Å². The van der Waals surface area contributed by atoms with Crippen molar-refractivity contribution < 1.29 is 4.79 Å². The Kier molecular flexibility index (Phi) is 5.57. The number of aromatic nitrogens is 3. The summed E-state index contributed by atoms with van der Waals surface area (Å²) in [4.78, 5) is 22.6. The van der Waals surface area contributed by atoms with E-state index in [-0.39, 0.29) is 5.91 Å². The maximum atomic E-state index is 12.4. The Morgan fingerprint density at radius 1 is 1.32 bits per heavy atom. The second-order valence-electron chi connectivity index (χ2n) is 5.95. The maximum absolute atomic E-state index is 12.4. The fourth-order valence-electron chi connectivity index (χ4n) is 2.60. The number of hydrogen-bond donors (Lipinski definition) is 1. The Labute approximate surface area is 150 Å². The average molecular weight is 355 g/mol. The molecular formula is C18H21N5OS. The van der Waals surface area contributed by atoms with Crippen LogP contribution in [0.2, 0.25) is 0 Å². The normalized spacial score (nSPS) is 12.1. The summed E-state index contributed by atoms with van der Waals surface area (Å²) in [6.45, 7) is 1.23. The third-order valence-electron chi connectivity index (χ3n) is 3.87. The highest BCUT2D eigenvalue weighted by molar-refractivity contribution is 7.09. The Bertz CT molecular complexity index is 800. The molecule has 0 aliphatic heterocycles. The fourth-order valence-corrected chi connectivity index (χ4v) is 3.27. The van der Waals surface area contributed by atoms with E-state index in [9.17, 15) is 4.79 Å². The number of thiazole rings is 1. The minimum atomic E-state index is -0.606. The van der Waals surface area contributed by atoms with Crippen LogP contribution in [0.25, 0.3) is 0 Å². The molecule has 2 heterocycles. The summed E-state index contributed by atoms with van der Waals surface area (Å²) in [5.41, 5.74) is 8.11. The fraction of sp³-hybridized carbons (Fsp3) is 0.278. The van der Waals surface area contributed by atoms with Crippen molar-refractivity contribution in [2.24, 2.45) is 5.73 Å². The molecule has 0 radical (unpaired) electrons. The first kappa shape index (κ1) is 17.3. The van der Waals surface area contributed by atoms with E-state index in [0.29, 0.717) is 13.0 Å². The van der Waals surface area contributed by atoms with E-state index in [0.717, 1.165) is 17.2 Å². The van der Waals surface area contributed by atoms with Gasteiger partial charge in [-0.05, 0) is 5.56 Å². The van der Waals surface area contributed by atoms with Gasteiger partial charge in [-0.15, -0.1) is 11.3 Å². The Hall–Kier alpha value is -2.51. The minimum Gasteiger partial charge on any atom is -0.338 e. The van der Waals surface area contributed by atoms with Crippen LogP contribution in [0, 0.1) is 0 Å². The molecule has 0 aliphatic carbocycles. The lowest BCUT2D eigenvalue weighted by molar-refractivity contribution is -0.131. The molecule has 0 unspecified atom stereocenters. The molecule has 0 fully saturated rings. The number of rotatable bonds is 7. The zero-order chi connectivity index (χ0) is 17.6. The Balaban J connectivity index is 1.55. The van der Waals surface area contributed by atoms with Gasteiger partial charge in [0, 0.05) is 37.8 Å². The topological polar surface area (TPSA) is 77.0 Å². The molecule has 25 heavy (non-hydrogen) atoms. The molecule has 1 atom stereocenters. The van der Waals surface area contributed by atoms with E-state index >= 15 is 0 Å². The number of hydrogen-bond acceptors (Lipinski definition) is 5. The van der Waals surface area contributed by atoms with Crippen molar-refractivity contribution in [3.8, 4) is 0 Å². The number of carbonyl (C=O) groups excluding carboxylic acids is 1. The molecule has 2 N–H and O–H groups in total. The molecule has 2 aromatic heterocycles. The number of benzene rings is 1. The summed E-state index contributed by atoms with van der Waals surface area (Å²) < 4.78 is 2.00. The monoisotopic (exact) mass is 355 g/mol. The predicted octanol–water partition coefficient (Wildman–Crippen LogP) is 1.92. The number of amides is 1. The lowest BCUT2D eigenvalue weighted by atomic mass is 10.1. The van der Waals surface area contributed by atoms with E-state index in [4.69, 9.17) is 5.73 Å². The molecule has 1 aromatic carbocycles. The third-order valence-corrected chi connectivity index (χ3v) is 4.64. The molecule has 0 aliphatic rings. The van der Waals surface area contributed by atoms with Crippen LogP contribution in [0.1, 0.15) is 16.3 Å². The third kappa shape index (κ3) is 4.74. The van der Waals surface area contributed by atoms with Crippen molar-refractivity contribution in [3.63, 3.8) is 0 Å². The van der Waals surface area contributed by atoms with Gasteiger partial charge < -0.3 is 15.2 Å². The number of nitrogens with two attached hydrogens (primary N) is 1. The molecule has 7 heteroatoms. The first-order chi connectivity index (χ1) is 12.1. The van der Waals surface area contributed by atoms with Crippen molar-refractivity contribution in [1.82, 2.24) is 19.4 Å². The maximum Gasteiger partial charge on any atom is 0.240 e. The van der Waals surface area contributed by atoms with Gasteiger partial charge in [0.05, 0.1) is 24.6 Å². The van der Waals surface area contributed by atoms with Gasteiger partial charge in [-0.2, -0.15) is 0 Å². The molecule has 3 aromatic rings. The molecule has 0 bridgehead atoms. The number of likely N-dealkylation sites (N-methyl/N-ethyl adjacent to an activating group) is 1. The summed E-state index contributed by atoms with van der Waals surface area (Å²) >= 11 is 1.53. The molecule has 3 rings (SSSR count). The number of carbonyl (C=O) groups is 1. The first-order valence-electron chi connectivity index (χ1n) is 8.05. The highest BCUT2D eigenvalue weighted by Gasteiger charge is 2.20. The molecule has 0 spiro atoms. The van der Waals surface area contributed by atoms with Crippen LogP contribution >= 0.6 is 11.3 Å². The van der Waals surface area contributed by atoms with E-state index in [1.165, 1.54) is 16.9 Å². The molecular weight excluding hydrogens is 334 g/mol. The van der Waals surface area contributed by atoms with E-state index in [1.807, 2.05) is 34.3 Å². The summed E-state index contributed by atoms with van der Waals surface area (Å²) in [6, 6.07) is 9.56. The van der Waals surface area contributed by atoms with Gasteiger partial charge in [0.15, 0.2) is 0 Å². The Morgan fingerprint density at radius 3 is 2.84 bits per heavy atom. The van der Waals surface area contributed by atoms with E-state index in [1.54, 1.807) is 24.5 Å². The van der Waals surface area contributed by atoms with Crippen LogP contribution < -0.4 is 5.73 Å². The quantitative estimate of drug-likeness (QED) is 0.702. The van der Waals surface area contributed by atoms with Crippen molar-refractivity contribution in [3.05, 3.63) is 70.7 Å². The van der Waals surface area contributed by atoms with Crippen LogP contribution in [-0.4, -0.2) is 38.4 Å². The minimum absolute atomic E-state index is 0.104. The van der Waals surface area contributed by atoms with Crippen molar-refractivity contribution >= 4 is 17.2 Å². The zero-order valence-electron chi connectivity index (χ0n) is 14.1. The van der Waals surface area contributed by atoms with Crippen LogP contribution in [-0.2, 0) is 24.3 Å². The summed E-state index contributed by atoms with van der Waals surface area (Å²) in [6.07, 6.45) is 5.88. The van der Waals surface area contributed by atoms with Crippen molar-refractivity contribution in [2.45, 2.75) is 25.6 Å². The van der Waals surface area contributed by atoms with Crippen LogP contribution in [0.3, 0.4) is 0 Å². The highest BCUT2D eigenvalue weighted by atomic mass is 32.1. The Morgan fingerprint density at radius 2 is 2.12 bits per heavy atom. The van der Waals surface area contributed by atoms with Gasteiger partial charge in [-0.25, -0.2) is 9.97 Å². The van der Waals surface area contributed by atoms with Crippen molar-refractivity contribution in [1.29, 1.82) is 0 Å². The van der Waals surface area contributed by atoms with Crippen LogP contribution in [0.4, 0.5) is 0 Å². The van der Waals surface area contributed by atoms with E-state index in [2.05, 4.69) is 22.1 Å². The SMILES string of the molecule is CN(Cc1nccs1)C(=O)[C@@H](N)Cc1cn(Cc2ccccc2)cn1. The first-order valence-corrected chi connectivity index (χ1v) is 8.93.